The molecule has 0 saturated carbocycles. The summed E-state index contributed by atoms with van der Waals surface area (Å²) in [4.78, 5) is 26.1. The molecule has 0 aliphatic heterocycles. The summed E-state index contributed by atoms with van der Waals surface area (Å²) in [6, 6.07) is 1.62. The number of carbonyl (C=O) groups is 1. The van der Waals surface area contributed by atoms with Gasteiger partial charge in [0.2, 0.25) is 0 Å². The lowest BCUT2D eigenvalue weighted by Gasteiger charge is -2.20. The third-order valence-electron chi connectivity index (χ3n) is 2.23. The molecular formula is C12H18N2O2. The van der Waals surface area contributed by atoms with Crippen LogP contribution in [0.1, 0.15) is 42.4 Å². The van der Waals surface area contributed by atoms with Crippen LogP contribution in [-0.2, 0) is 0 Å². The van der Waals surface area contributed by atoms with Crippen molar-refractivity contribution in [3.05, 3.63) is 33.2 Å². The predicted molar refractivity (Wildman–Crippen MR) is 63.8 cm³/mol. The second-order valence-electron chi connectivity index (χ2n) is 5.02. The summed E-state index contributed by atoms with van der Waals surface area (Å²) in [5, 5.41) is 2.76. The molecular weight excluding hydrogens is 204 g/mol. The van der Waals surface area contributed by atoms with E-state index in [0.29, 0.717) is 0 Å². The lowest BCUT2D eigenvalue weighted by atomic mass is 10.1. The van der Waals surface area contributed by atoms with E-state index >= 15 is 0 Å². The first-order chi connectivity index (χ1) is 7.20. The number of aromatic amines is 1. The molecule has 0 radical (unpaired) electrons. The van der Waals surface area contributed by atoms with Gasteiger partial charge in [-0.2, -0.15) is 0 Å². The zero-order valence-corrected chi connectivity index (χ0v) is 10.4. The monoisotopic (exact) mass is 222 g/mol. The number of carbonyl (C=O) groups excluding carboxylic acids is 1. The molecule has 0 aliphatic carbocycles. The second-order valence-corrected chi connectivity index (χ2v) is 5.02. The number of amides is 1. The Kier molecular flexibility index (Phi) is 3.21. The topological polar surface area (TPSA) is 62.0 Å². The molecule has 2 N–H and O–H groups in total. The average Bonchev–Trinajstić information content (AvgIpc) is 2.08. The molecule has 0 unspecified atom stereocenters. The second kappa shape index (κ2) is 4.12. The molecule has 16 heavy (non-hydrogen) atoms. The Morgan fingerprint density at radius 2 is 1.88 bits per heavy atom. The van der Waals surface area contributed by atoms with Crippen LogP contribution in [0.15, 0.2) is 10.9 Å². The van der Waals surface area contributed by atoms with Crippen LogP contribution in [0.2, 0.25) is 0 Å². The van der Waals surface area contributed by atoms with Gasteiger partial charge in [0.1, 0.15) is 5.56 Å². The molecule has 0 fully saturated rings. The molecule has 88 valence electrons. The van der Waals surface area contributed by atoms with Gasteiger partial charge in [0.25, 0.3) is 11.5 Å². The zero-order chi connectivity index (χ0) is 12.5. The Morgan fingerprint density at radius 1 is 1.31 bits per heavy atom. The highest BCUT2D eigenvalue weighted by Gasteiger charge is 2.18. The zero-order valence-electron chi connectivity index (χ0n) is 10.4. The van der Waals surface area contributed by atoms with Gasteiger partial charge < -0.3 is 10.3 Å². The van der Waals surface area contributed by atoms with Crippen LogP contribution in [-0.4, -0.2) is 16.4 Å². The standard InChI is InChI=1S/C12H18N2O2/c1-7-6-9(10(15)13-8(7)2)11(16)14-12(3,4)5/h6H,1-5H3,(H,13,15)(H,14,16). The highest BCUT2D eigenvalue weighted by atomic mass is 16.2. The molecule has 0 saturated heterocycles. The van der Waals surface area contributed by atoms with Gasteiger partial charge in [-0.15, -0.1) is 0 Å². The van der Waals surface area contributed by atoms with Crippen molar-refractivity contribution in [1.82, 2.24) is 10.3 Å². The minimum atomic E-state index is -0.345. The molecule has 0 spiro atoms. The van der Waals surface area contributed by atoms with Gasteiger partial charge in [0.05, 0.1) is 0 Å². The summed E-state index contributed by atoms with van der Waals surface area (Å²) in [7, 11) is 0. The lowest BCUT2D eigenvalue weighted by molar-refractivity contribution is 0.0918. The highest BCUT2D eigenvalue weighted by Crippen LogP contribution is 2.05. The number of nitrogens with one attached hydrogen (secondary N) is 2. The first-order valence-electron chi connectivity index (χ1n) is 5.24. The van der Waals surface area contributed by atoms with Crippen molar-refractivity contribution in [2.75, 3.05) is 0 Å². The van der Waals surface area contributed by atoms with Crippen LogP contribution in [0.25, 0.3) is 0 Å². The van der Waals surface area contributed by atoms with Gasteiger partial charge in [0, 0.05) is 11.2 Å². The normalized spacial score (nSPS) is 11.3. The maximum absolute atomic E-state index is 11.8. The summed E-state index contributed by atoms with van der Waals surface area (Å²) < 4.78 is 0. The molecule has 1 aromatic rings. The van der Waals surface area contributed by atoms with Crippen molar-refractivity contribution < 1.29 is 4.79 Å². The van der Waals surface area contributed by atoms with Crippen LogP contribution in [0.3, 0.4) is 0 Å². The Balaban J connectivity index is 3.10. The van der Waals surface area contributed by atoms with E-state index in [1.54, 1.807) is 6.07 Å². The van der Waals surface area contributed by atoms with Crippen LogP contribution in [0, 0.1) is 13.8 Å². The SMILES string of the molecule is Cc1cc(C(=O)NC(C)(C)C)c(=O)[nH]c1C. The molecule has 0 aliphatic rings. The van der Waals surface area contributed by atoms with E-state index in [9.17, 15) is 9.59 Å². The van der Waals surface area contributed by atoms with Gasteiger partial charge in [-0.3, -0.25) is 9.59 Å². The van der Waals surface area contributed by atoms with Crippen molar-refractivity contribution in [3.8, 4) is 0 Å². The number of rotatable bonds is 1. The highest BCUT2D eigenvalue weighted by molar-refractivity contribution is 5.94. The van der Waals surface area contributed by atoms with Crippen LogP contribution in [0.4, 0.5) is 0 Å². The van der Waals surface area contributed by atoms with Gasteiger partial charge >= 0.3 is 0 Å². The molecule has 1 rings (SSSR count). The fourth-order valence-corrected chi connectivity index (χ4v) is 1.30. The minimum absolute atomic E-state index is 0.165. The molecule has 4 heteroatoms. The Morgan fingerprint density at radius 3 is 2.38 bits per heavy atom. The third kappa shape index (κ3) is 2.95. The molecule has 0 atom stereocenters. The van der Waals surface area contributed by atoms with Gasteiger partial charge in [-0.1, -0.05) is 0 Å². The number of pyridine rings is 1. The summed E-state index contributed by atoms with van der Waals surface area (Å²) in [5.41, 5.74) is 1.17. The first-order valence-corrected chi connectivity index (χ1v) is 5.24. The van der Waals surface area contributed by atoms with E-state index in [2.05, 4.69) is 10.3 Å². The number of aryl methyl sites for hydroxylation is 2. The van der Waals surface area contributed by atoms with Gasteiger partial charge in [-0.25, -0.2) is 0 Å². The van der Waals surface area contributed by atoms with E-state index in [1.165, 1.54) is 0 Å². The molecule has 1 amide bonds. The summed E-state index contributed by atoms with van der Waals surface area (Å²) >= 11 is 0. The Bertz CT molecular complexity index is 467. The molecule has 1 heterocycles. The minimum Gasteiger partial charge on any atom is -0.347 e. The fraction of sp³-hybridized carbons (Fsp3) is 0.500. The van der Waals surface area contributed by atoms with Crippen molar-refractivity contribution in [3.63, 3.8) is 0 Å². The quantitative estimate of drug-likeness (QED) is 0.756. The largest absolute Gasteiger partial charge is 0.347 e. The van der Waals surface area contributed by atoms with E-state index in [4.69, 9.17) is 0 Å². The maximum Gasteiger partial charge on any atom is 0.261 e. The van der Waals surface area contributed by atoms with E-state index in [-0.39, 0.29) is 22.6 Å². The lowest BCUT2D eigenvalue weighted by Crippen LogP contribution is -2.42. The first kappa shape index (κ1) is 12.5. The predicted octanol–water partition coefficient (Wildman–Crippen LogP) is 1.52. The van der Waals surface area contributed by atoms with Gasteiger partial charge in [0.15, 0.2) is 0 Å². The van der Waals surface area contributed by atoms with E-state index in [1.807, 2.05) is 34.6 Å². The number of hydrogen-bond acceptors (Lipinski definition) is 2. The van der Waals surface area contributed by atoms with E-state index < -0.39 is 0 Å². The molecule has 1 aromatic heterocycles. The smallest absolute Gasteiger partial charge is 0.261 e. The van der Waals surface area contributed by atoms with Crippen molar-refractivity contribution in [2.45, 2.75) is 40.2 Å². The van der Waals surface area contributed by atoms with Crippen LogP contribution >= 0.6 is 0 Å². The number of H-pyrrole nitrogens is 1. The number of aromatic nitrogens is 1. The van der Waals surface area contributed by atoms with Crippen molar-refractivity contribution >= 4 is 5.91 Å². The Hall–Kier alpha value is -1.58. The summed E-state index contributed by atoms with van der Waals surface area (Å²) in [6.07, 6.45) is 0. The van der Waals surface area contributed by atoms with Crippen molar-refractivity contribution in [1.29, 1.82) is 0 Å². The maximum atomic E-state index is 11.8. The molecule has 4 nitrogen and oxygen atoms in total. The fourth-order valence-electron chi connectivity index (χ4n) is 1.30. The van der Waals surface area contributed by atoms with Crippen LogP contribution < -0.4 is 10.9 Å². The Labute approximate surface area is 95.1 Å². The van der Waals surface area contributed by atoms with E-state index in [0.717, 1.165) is 11.3 Å². The van der Waals surface area contributed by atoms with Gasteiger partial charge in [-0.05, 0) is 46.2 Å². The number of hydrogen-bond donors (Lipinski definition) is 2. The molecule has 0 bridgehead atoms. The third-order valence-corrected chi connectivity index (χ3v) is 2.23. The van der Waals surface area contributed by atoms with Crippen molar-refractivity contribution in [2.24, 2.45) is 0 Å². The van der Waals surface area contributed by atoms with Crippen LogP contribution in [0.5, 0.6) is 0 Å². The average molecular weight is 222 g/mol. The summed E-state index contributed by atoms with van der Waals surface area (Å²) in [5.74, 6) is -0.336. The summed E-state index contributed by atoms with van der Waals surface area (Å²) in [6.45, 7) is 9.29. The molecule has 0 aromatic carbocycles.